The summed E-state index contributed by atoms with van der Waals surface area (Å²) < 4.78 is 64.4. The van der Waals surface area contributed by atoms with E-state index < -0.39 is 23.4 Å². The molecule has 0 spiro atoms. The number of benzene rings is 2. The number of anilines is 1. The molecule has 0 saturated carbocycles. The fourth-order valence-electron chi connectivity index (χ4n) is 1.86. The summed E-state index contributed by atoms with van der Waals surface area (Å²) in [6, 6.07) is 6.22. The van der Waals surface area contributed by atoms with Crippen molar-refractivity contribution < 1.29 is 22.0 Å². The smallest absolute Gasteiger partial charge is 0.379 e. The normalized spacial score (nSPS) is 11.5. The van der Waals surface area contributed by atoms with Gasteiger partial charge in [0.15, 0.2) is 0 Å². The van der Waals surface area contributed by atoms with Gasteiger partial charge >= 0.3 is 6.18 Å². The first-order valence-electron chi connectivity index (χ1n) is 6.13. The first kappa shape index (κ1) is 15.3. The summed E-state index contributed by atoms with van der Waals surface area (Å²) in [6.45, 7) is 1.76. The fourth-order valence-corrected chi connectivity index (χ4v) is 1.86. The molecular formula is C15H12F5N. The summed E-state index contributed by atoms with van der Waals surface area (Å²) in [7, 11) is 0. The number of aryl methyl sites for hydroxylation is 1. The molecule has 0 aromatic heterocycles. The first-order chi connectivity index (χ1) is 9.77. The van der Waals surface area contributed by atoms with E-state index in [0.29, 0.717) is 17.7 Å². The Kier molecular flexibility index (Phi) is 4.16. The number of rotatable bonds is 3. The van der Waals surface area contributed by atoms with Gasteiger partial charge in [-0.1, -0.05) is 6.07 Å². The Bertz CT molecular complexity index is 649. The van der Waals surface area contributed by atoms with Crippen LogP contribution >= 0.6 is 0 Å². The van der Waals surface area contributed by atoms with Crippen molar-refractivity contribution in [1.82, 2.24) is 0 Å². The summed E-state index contributed by atoms with van der Waals surface area (Å²) in [5.41, 5.74) is 0.0962. The number of halogens is 5. The number of nitrogens with one attached hydrogen (secondary N) is 1. The molecule has 0 atom stereocenters. The number of hydrogen-bond acceptors (Lipinski definition) is 1. The van der Waals surface area contributed by atoms with Crippen molar-refractivity contribution in [1.29, 1.82) is 0 Å². The second kappa shape index (κ2) is 5.71. The Morgan fingerprint density at radius 2 is 1.71 bits per heavy atom. The van der Waals surface area contributed by atoms with Crippen LogP contribution in [0.1, 0.15) is 16.7 Å². The van der Waals surface area contributed by atoms with E-state index >= 15 is 0 Å². The third-order valence-electron chi connectivity index (χ3n) is 3.07. The average molecular weight is 301 g/mol. The standard InChI is InChI=1S/C15H12F5N/c1-9-2-4-12(16)6-10(9)8-21-14-7-11(15(18,19)20)3-5-13(14)17/h2-7,21H,8H2,1H3. The second-order valence-electron chi connectivity index (χ2n) is 4.62. The van der Waals surface area contributed by atoms with E-state index in [9.17, 15) is 22.0 Å². The van der Waals surface area contributed by atoms with Crippen molar-refractivity contribution >= 4 is 5.69 Å². The van der Waals surface area contributed by atoms with E-state index in [2.05, 4.69) is 5.32 Å². The summed E-state index contributed by atoms with van der Waals surface area (Å²) in [5, 5.41) is 2.57. The quantitative estimate of drug-likeness (QED) is 0.795. The molecule has 0 bridgehead atoms. The zero-order valence-corrected chi connectivity index (χ0v) is 11.1. The molecule has 1 N–H and O–H groups in total. The van der Waals surface area contributed by atoms with E-state index in [1.165, 1.54) is 12.1 Å². The number of hydrogen-bond donors (Lipinski definition) is 1. The van der Waals surface area contributed by atoms with E-state index in [1.54, 1.807) is 13.0 Å². The van der Waals surface area contributed by atoms with E-state index in [0.717, 1.165) is 11.6 Å². The van der Waals surface area contributed by atoms with Crippen molar-refractivity contribution in [3.63, 3.8) is 0 Å². The summed E-state index contributed by atoms with van der Waals surface area (Å²) in [5.74, 6) is -1.25. The van der Waals surface area contributed by atoms with Gasteiger partial charge in [0, 0.05) is 6.54 Å². The lowest BCUT2D eigenvalue weighted by molar-refractivity contribution is -0.137. The predicted octanol–water partition coefficient (Wildman–Crippen LogP) is 4.90. The summed E-state index contributed by atoms with van der Waals surface area (Å²) in [4.78, 5) is 0. The molecule has 6 heteroatoms. The Labute approximate surface area is 118 Å². The highest BCUT2D eigenvalue weighted by molar-refractivity contribution is 5.49. The van der Waals surface area contributed by atoms with Crippen LogP contribution in [0.3, 0.4) is 0 Å². The molecule has 0 saturated heterocycles. The van der Waals surface area contributed by atoms with Gasteiger partial charge in [-0.05, 0) is 48.4 Å². The van der Waals surface area contributed by atoms with Gasteiger partial charge in [-0.25, -0.2) is 8.78 Å². The molecule has 21 heavy (non-hydrogen) atoms. The molecule has 0 fully saturated rings. The minimum absolute atomic E-state index is 0.0296. The Hall–Kier alpha value is -2.11. The number of alkyl halides is 3. The highest BCUT2D eigenvalue weighted by atomic mass is 19.4. The Morgan fingerprint density at radius 1 is 1.00 bits per heavy atom. The maximum absolute atomic E-state index is 13.5. The molecule has 0 aliphatic carbocycles. The largest absolute Gasteiger partial charge is 0.416 e. The van der Waals surface area contributed by atoms with Crippen molar-refractivity contribution in [3.8, 4) is 0 Å². The van der Waals surface area contributed by atoms with Crippen LogP contribution in [0.25, 0.3) is 0 Å². The first-order valence-corrected chi connectivity index (χ1v) is 6.13. The molecule has 2 rings (SSSR count). The van der Waals surface area contributed by atoms with Crippen LogP contribution < -0.4 is 5.32 Å². The Balaban J connectivity index is 2.22. The average Bonchev–Trinajstić information content (AvgIpc) is 2.40. The summed E-state index contributed by atoms with van der Waals surface area (Å²) in [6.07, 6.45) is -4.54. The Morgan fingerprint density at radius 3 is 2.38 bits per heavy atom. The van der Waals surface area contributed by atoms with Crippen molar-refractivity contribution in [3.05, 3.63) is 64.7 Å². The van der Waals surface area contributed by atoms with Gasteiger partial charge in [0.2, 0.25) is 0 Å². The maximum atomic E-state index is 13.5. The molecule has 112 valence electrons. The highest BCUT2D eigenvalue weighted by Crippen LogP contribution is 2.32. The van der Waals surface area contributed by atoms with Gasteiger partial charge in [-0.2, -0.15) is 13.2 Å². The minimum Gasteiger partial charge on any atom is -0.379 e. The molecule has 0 aliphatic rings. The monoisotopic (exact) mass is 301 g/mol. The van der Waals surface area contributed by atoms with E-state index in [4.69, 9.17) is 0 Å². The van der Waals surface area contributed by atoms with Crippen molar-refractivity contribution in [2.24, 2.45) is 0 Å². The van der Waals surface area contributed by atoms with Gasteiger partial charge in [0.1, 0.15) is 11.6 Å². The van der Waals surface area contributed by atoms with Crippen molar-refractivity contribution in [2.75, 3.05) is 5.32 Å². The zero-order valence-electron chi connectivity index (χ0n) is 11.1. The molecule has 0 unspecified atom stereocenters. The molecule has 0 aliphatic heterocycles. The van der Waals surface area contributed by atoms with Crippen LogP contribution in [-0.2, 0) is 12.7 Å². The molecule has 0 amide bonds. The van der Waals surface area contributed by atoms with Crippen LogP contribution in [0.15, 0.2) is 36.4 Å². The zero-order chi connectivity index (χ0) is 15.6. The minimum atomic E-state index is -4.54. The van der Waals surface area contributed by atoms with E-state index in [-0.39, 0.29) is 12.2 Å². The van der Waals surface area contributed by atoms with Gasteiger partial charge in [0.25, 0.3) is 0 Å². The van der Waals surface area contributed by atoms with Gasteiger partial charge in [-0.15, -0.1) is 0 Å². The lowest BCUT2D eigenvalue weighted by atomic mass is 10.1. The summed E-state index contributed by atoms with van der Waals surface area (Å²) >= 11 is 0. The van der Waals surface area contributed by atoms with Crippen LogP contribution in [0, 0.1) is 18.6 Å². The highest BCUT2D eigenvalue weighted by Gasteiger charge is 2.31. The molecule has 0 radical (unpaired) electrons. The third kappa shape index (κ3) is 3.71. The van der Waals surface area contributed by atoms with Crippen LogP contribution in [0.2, 0.25) is 0 Å². The van der Waals surface area contributed by atoms with Gasteiger partial charge in [0.05, 0.1) is 11.3 Å². The van der Waals surface area contributed by atoms with Gasteiger partial charge < -0.3 is 5.32 Å². The van der Waals surface area contributed by atoms with E-state index in [1.807, 2.05) is 0 Å². The van der Waals surface area contributed by atoms with Crippen LogP contribution in [-0.4, -0.2) is 0 Å². The van der Waals surface area contributed by atoms with Crippen molar-refractivity contribution in [2.45, 2.75) is 19.6 Å². The molecule has 2 aromatic rings. The second-order valence-corrected chi connectivity index (χ2v) is 4.62. The molecular weight excluding hydrogens is 289 g/mol. The van der Waals surface area contributed by atoms with Crippen LogP contribution in [0.5, 0.6) is 0 Å². The molecule has 1 nitrogen and oxygen atoms in total. The van der Waals surface area contributed by atoms with Crippen LogP contribution in [0.4, 0.5) is 27.6 Å². The predicted molar refractivity (Wildman–Crippen MR) is 69.9 cm³/mol. The van der Waals surface area contributed by atoms with Gasteiger partial charge in [-0.3, -0.25) is 0 Å². The lowest BCUT2D eigenvalue weighted by Crippen LogP contribution is -2.08. The lowest BCUT2D eigenvalue weighted by Gasteiger charge is -2.13. The molecule has 2 aromatic carbocycles. The topological polar surface area (TPSA) is 12.0 Å². The SMILES string of the molecule is Cc1ccc(F)cc1CNc1cc(C(F)(F)F)ccc1F. The third-order valence-corrected chi connectivity index (χ3v) is 3.07. The molecule has 0 heterocycles. The maximum Gasteiger partial charge on any atom is 0.416 e. The fraction of sp³-hybridized carbons (Fsp3) is 0.200.